The van der Waals surface area contributed by atoms with E-state index in [0.29, 0.717) is 11.5 Å². The first-order valence-corrected chi connectivity index (χ1v) is 8.67. The summed E-state index contributed by atoms with van der Waals surface area (Å²) in [4.78, 5) is 11.9. The normalized spacial score (nSPS) is 12.3. The van der Waals surface area contributed by atoms with Crippen molar-refractivity contribution in [3.05, 3.63) is 90.0 Å². The van der Waals surface area contributed by atoms with Crippen LogP contribution in [0.3, 0.4) is 0 Å². The lowest BCUT2D eigenvalue weighted by atomic mass is 10.0. The number of hydrogen-bond donors (Lipinski definition) is 0. The van der Waals surface area contributed by atoms with Gasteiger partial charge in [0.25, 0.3) is 0 Å². The molecule has 1 aliphatic rings. The number of carbonyl (C=O) groups excluding carboxylic acids is 1. The number of rotatable bonds is 5. The van der Waals surface area contributed by atoms with Crippen LogP contribution in [0.15, 0.2) is 78.9 Å². The van der Waals surface area contributed by atoms with E-state index in [1.807, 2.05) is 60.7 Å². The van der Waals surface area contributed by atoms with Gasteiger partial charge < -0.3 is 14.2 Å². The quantitative estimate of drug-likeness (QED) is 0.484. The topological polar surface area (TPSA) is 44.8 Å². The molecule has 3 aromatic carbocycles. The number of carbonyl (C=O) groups is 1. The molecule has 0 fully saturated rings. The van der Waals surface area contributed by atoms with Crippen LogP contribution in [0, 0.1) is 0 Å². The zero-order valence-corrected chi connectivity index (χ0v) is 14.6. The predicted octanol–water partition coefficient (Wildman–Crippen LogP) is 4.84. The van der Waals surface area contributed by atoms with Crippen molar-refractivity contribution < 1.29 is 19.0 Å². The van der Waals surface area contributed by atoms with Crippen LogP contribution in [0.4, 0.5) is 0 Å². The number of esters is 1. The maximum absolute atomic E-state index is 11.9. The van der Waals surface area contributed by atoms with Crippen LogP contribution in [0.25, 0.3) is 17.2 Å². The fourth-order valence-corrected chi connectivity index (χ4v) is 2.81. The molecule has 0 unspecified atom stereocenters. The summed E-state index contributed by atoms with van der Waals surface area (Å²) in [5.74, 6) is 1.01. The van der Waals surface area contributed by atoms with E-state index >= 15 is 0 Å². The Labute approximate surface area is 157 Å². The molecule has 0 N–H and O–H groups in total. The van der Waals surface area contributed by atoms with Crippen molar-refractivity contribution in [2.75, 3.05) is 6.79 Å². The minimum atomic E-state index is -0.389. The Balaban J connectivity index is 1.32. The summed E-state index contributed by atoms with van der Waals surface area (Å²) in [7, 11) is 0. The molecule has 0 aliphatic carbocycles. The molecule has 4 nitrogen and oxygen atoms in total. The van der Waals surface area contributed by atoms with Gasteiger partial charge in [0.05, 0.1) is 0 Å². The van der Waals surface area contributed by atoms with E-state index in [1.165, 1.54) is 6.08 Å². The Morgan fingerprint density at radius 2 is 1.63 bits per heavy atom. The molecule has 0 aromatic heterocycles. The summed E-state index contributed by atoms with van der Waals surface area (Å²) in [5.41, 5.74) is 4.09. The maximum atomic E-state index is 11.9. The largest absolute Gasteiger partial charge is 0.458 e. The van der Waals surface area contributed by atoms with Crippen molar-refractivity contribution in [3.63, 3.8) is 0 Å². The fourth-order valence-electron chi connectivity index (χ4n) is 2.81. The highest BCUT2D eigenvalue weighted by Crippen LogP contribution is 2.32. The smallest absolute Gasteiger partial charge is 0.331 e. The Hall–Kier alpha value is -3.53. The van der Waals surface area contributed by atoms with Crippen LogP contribution in [-0.2, 0) is 16.1 Å². The van der Waals surface area contributed by atoms with Crippen LogP contribution < -0.4 is 9.47 Å². The molecule has 0 atom stereocenters. The monoisotopic (exact) mass is 358 g/mol. The molecule has 1 aliphatic heterocycles. The molecule has 0 saturated heterocycles. The van der Waals surface area contributed by atoms with Gasteiger partial charge in [-0.1, -0.05) is 60.7 Å². The highest BCUT2D eigenvalue weighted by molar-refractivity contribution is 5.87. The van der Waals surface area contributed by atoms with Gasteiger partial charge in [-0.2, -0.15) is 0 Å². The minimum absolute atomic E-state index is 0.230. The highest BCUT2D eigenvalue weighted by Gasteiger charge is 2.12. The summed E-state index contributed by atoms with van der Waals surface area (Å²) in [5, 5.41) is 0. The van der Waals surface area contributed by atoms with Gasteiger partial charge in [-0.05, 0) is 40.5 Å². The second kappa shape index (κ2) is 7.79. The maximum Gasteiger partial charge on any atom is 0.331 e. The molecule has 0 spiro atoms. The summed E-state index contributed by atoms with van der Waals surface area (Å²) in [6.45, 7) is 0.465. The Bertz CT molecular complexity index is 959. The van der Waals surface area contributed by atoms with Gasteiger partial charge in [0, 0.05) is 6.08 Å². The van der Waals surface area contributed by atoms with E-state index in [2.05, 4.69) is 12.1 Å². The molecular weight excluding hydrogens is 340 g/mol. The van der Waals surface area contributed by atoms with Gasteiger partial charge >= 0.3 is 5.97 Å². The lowest BCUT2D eigenvalue weighted by Crippen LogP contribution is -2.00. The third kappa shape index (κ3) is 4.18. The molecule has 0 saturated carbocycles. The van der Waals surface area contributed by atoms with E-state index in [9.17, 15) is 4.79 Å². The van der Waals surface area contributed by atoms with Crippen LogP contribution >= 0.6 is 0 Å². The molecule has 27 heavy (non-hydrogen) atoms. The molecule has 0 bridgehead atoms. The average molecular weight is 358 g/mol. The van der Waals surface area contributed by atoms with Gasteiger partial charge in [0.15, 0.2) is 11.5 Å². The van der Waals surface area contributed by atoms with Gasteiger partial charge in [-0.3, -0.25) is 0 Å². The lowest BCUT2D eigenvalue weighted by Gasteiger charge is -2.05. The summed E-state index contributed by atoms with van der Waals surface area (Å²) < 4.78 is 15.9. The van der Waals surface area contributed by atoms with Crippen molar-refractivity contribution >= 4 is 12.0 Å². The first kappa shape index (κ1) is 16.9. The van der Waals surface area contributed by atoms with Crippen molar-refractivity contribution in [2.45, 2.75) is 6.61 Å². The van der Waals surface area contributed by atoms with Crippen LogP contribution in [-0.4, -0.2) is 12.8 Å². The van der Waals surface area contributed by atoms with Gasteiger partial charge in [-0.25, -0.2) is 4.79 Å². The van der Waals surface area contributed by atoms with E-state index in [0.717, 1.165) is 22.3 Å². The Kier molecular flexibility index (Phi) is 4.88. The molecule has 3 aromatic rings. The zero-order chi connectivity index (χ0) is 18.5. The third-order valence-electron chi connectivity index (χ3n) is 4.25. The van der Waals surface area contributed by atoms with E-state index in [4.69, 9.17) is 14.2 Å². The van der Waals surface area contributed by atoms with Crippen molar-refractivity contribution in [3.8, 4) is 22.6 Å². The fraction of sp³-hybridized carbons (Fsp3) is 0.0870. The van der Waals surface area contributed by atoms with E-state index < -0.39 is 0 Å². The second-order valence-corrected chi connectivity index (χ2v) is 6.12. The lowest BCUT2D eigenvalue weighted by molar-refractivity contribution is -0.138. The highest BCUT2D eigenvalue weighted by atomic mass is 16.7. The van der Waals surface area contributed by atoms with Crippen LogP contribution in [0.5, 0.6) is 11.5 Å². The number of fused-ring (bicyclic) bond motifs is 1. The van der Waals surface area contributed by atoms with E-state index in [-0.39, 0.29) is 19.4 Å². The summed E-state index contributed by atoms with van der Waals surface area (Å²) >= 11 is 0. The first-order chi connectivity index (χ1) is 13.3. The second-order valence-electron chi connectivity index (χ2n) is 6.12. The summed E-state index contributed by atoms with van der Waals surface area (Å²) in [6.07, 6.45) is 3.11. The molecular formula is C23H18O4. The average Bonchev–Trinajstić information content (AvgIpc) is 3.19. The molecule has 4 rings (SSSR count). The SMILES string of the molecule is O=C(/C=C/c1ccc2c(c1)OCO2)OCc1ccc(-c2ccccc2)cc1. The van der Waals surface area contributed by atoms with Gasteiger partial charge in [-0.15, -0.1) is 0 Å². The molecule has 0 radical (unpaired) electrons. The first-order valence-electron chi connectivity index (χ1n) is 8.67. The van der Waals surface area contributed by atoms with Crippen molar-refractivity contribution in [1.82, 2.24) is 0 Å². The zero-order valence-electron chi connectivity index (χ0n) is 14.6. The molecule has 4 heteroatoms. The number of ether oxygens (including phenoxy) is 3. The van der Waals surface area contributed by atoms with Crippen LogP contribution in [0.1, 0.15) is 11.1 Å². The van der Waals surface area contributed by atoms with Gasteiger partial charge in [0.1, 0.15) is 6.61 Å². The molecule has 134 valence electrons. The standard InChI is InChI=1S/C23H18O4/c24-23(13-9-17-8-12-21-22(14-17)27-16-26-21)25-15-18-6-10-20(11-7-18)19-4-2-1-3-5-19/h1-14H,15-16H2/b13-9+. The van der Waals surface area contributed by atoms with Crippen molar-refractivity contribution in [2.24, 2.45) is 0 Å². The summed E-state index contributed by atoms with van der Waals surface area (Å²) in [6, 6.07) is 23.7. The van der Waals surface area contributed by atoms with Crippen LogP contribution in [0.2, 0.25) is 0 Å². The van der Waals surface area contributed by atoms with Crippen molar-refractivity contribution in [1.29, 1.82) is 0 Å². The minimum Gasteiger partial charge on any atom is -0.458 e. The van der Waals surface area contributed by atoms with E-state index in [1.54, 1.807) is 6.08 Å². The number of benzene rings is 3. The third-order valence-corrected chi connectivity index (χ3v) is 4.25. The molecule has 0 amide bonds. The molecule has 1 heterocycles. The number of hydrogen-bond acceptors (Lipinski definition) is 4. The predicted molar refractivity (Wildman–Crippen MR) is 103 cm³/mol. The Morgan fingerprint density at radius 3 is 2.44 bits per heavy atom. The van der Waals surface area contributed by atoms with Gasteiger partial charge in [0.2, 0.25) is 6.79 Å². The Morgan fingerprint density at radius 1 is 0.889 bits per heavy atom.